The van der Waals surface area contributed by atoms with E-state index >= 15 is 0 Å². The van der Waals surface area contributed by atoms with Gasteiger partial charge in [0, 0.05) is 17.0 Å². The van der Waals surface area contributed by atoms with Crippen molar-refractivity contribution in [2.24, 2.45) is 17.3 Å². The first kappa shape index (κ1) is 24.9. The molecule has 6 heteroatoms. The summed E-state index contributed by atoms with van der Waals surface area (Å²) in [6.07, 6.45) is 3.01. The molecular formula is C25H38BrNO3S. The van der Waals surface area contributed by atoms with Gasteiger partial charge in [0.1, 0.15) is 11.3 Å². The van der Waals surface area contributed by atoms with E-state index in [1.54, 1.807) is 0 Å². The lowest BCUT2D eigenvalue weighted by Gasteiger charge is -2.54. The van der Waals surface area contributed by atoms with Gasteiger partial charge in [0.2, 0.25) is 0 Å². The fraction of sp³-hybridized carbons (Fsp3) is 0.680. The highest BCUT2D eigenvalue weighted by atomic mass is 79.9. The van der Waals surface area contributed by atoms with Gasteiger partial charge in [-0.15, -0.1) is 0 Å². The van der Waals surface area contributed by atoms with Crippen LogP contribution in [0, 0.1) is 17.3 Å². The summed E-state index contributed by atoms with van der Waals surface area (Å²) in [6.45, 7) is 17.5. The number of nitrogens with one attached hydrogen (secondary N) is 1. The monoisotopic (exact) mass is 511 g/mol. The standard InChI is InChI=1S/C25H38BrNO3S/c1-9-30-18(4)25(27-31(28)23(5,6)7)21-12-20(26)11-10-19(21)15-24(25)13-16(2)22(29-8)17(3)14-24/h10-12,16-17,22,27H,4,9,13-15H2,1-3,5-8H3/t16-,17+,22?,24?,25-,31+/m0/s1. The number of ether oxygens (including phenoxy) is 2. The summed E-state index contributed by atoms with van der Waals surface area (Å²) in [6, 6.07) is 6.46. The summed E-state index contributed by atoms with van der Waals surface area (Å²) in [5.41, 5.74) is 1.48. The van der Waals surface area contributed by atoms with Crippen LogP contribution in [0.1, 0.15) is 65.5 Å². The zero-order chi connectivity index (χ0) is 23.2. The van der Waals surface area contributed by atoms with Crippen LogP contribution in [-0.2, 0) is 32.4 Å². The fourth-order valence-corrected chi connectivity index (χ4v) is 7.49. The smallest absolute Gasteiger partial charge is 0.118 e. The molecule has 1 N–H and O–H groups in total. The van der Waals surface area contributed by atoms with Gasteiger partial charge in [-0.05, 0) is 82.1 Å². The van der Waals surface area contributed by atoms with E-state index in [0.29, 0.717) is 24.2 Å². The van der Waals surface area contributed by atoms with Gasteiger partial charge in [0.15, 0.2) is 0 Å². The molecule has 1 spiro atoms. The van der Waals surface area contributed by atoms with E-state index in [0.717, 1.165) is 29.3 Å². The van der Waals surface area contributed by atoms with Crippen LogP contribution in [0.15, 0.2) is 35.0 Å². The van der Waals surface area contributed by atoms with Crippen LogP contribution >= 0.6 is 15.9 Å². The maximum Gasteiger partial charge on any atom is 0.118 e. The second kappa shape index (κ2) is 8.92. The Balaban J connectivity index is 2.26. The first-order valence-corrected chi connectivity index (χ1v) is 13.2. The molecule has 1 aromatic rings. The van der Waals surface area contributed by atoms with Crippen LogP contribution in [0.25, 0.3) is 0 Å². The van der Waals surface area contributed by atoms with Gasteiger partial charge < -0.3 is 9.47 Å². The molecule has 3 rings (SSSR count). The summed E-state index contributed by atoms with van der Waals surface area (Å²) in [7, 11) is 0.512. The molecule has 0 radical (unpaired) electrons. The van der Waals surface area contributed by atoms with Gasteiger partial charge in [-0.3, -0.25) is 0 Å². The number of halogens is 1. The Morgan fingerprint density at radius 2 is 1.90 bits per heavy atom. The van der Waals surface area contributed by atoms with Crippen LogP contribution in [-0.4, -0.2) is 28.8 Å². The predicted octanol–water partition coefficient (Wildman–Crippen LogP) is 5.87. The van der Waals surface area contributed by atoms with Crippen LogP contribution in [0.4, 0.5) is 0 Å². The lowest BCUT2D eigenvalue weighted by molar-refractivity contribution is -0.0800. The first-order chi connectivity index (χ1) is 14.4. The van der Waals surface area contributed by atoms with E-state index in [1.165, 1.54) is 5.56 Å². The predicted molar refractivity (Wildman–Crippen MR) is 132 cm³/mol. The number of rotatable bonds is 6. The third kappa shape index (κ3) is 4.18. The van der Waals surface area contributed by atoms with E-state index in [2.05, 4.69) is 59.3 Å². The molecule has 0 bridgehead atoms. The third-order valence-electron chi connectivity index (χ3n) is 7.16. The van der Waals surface area contributed by atoms with Crippen molar-refractivity contribution in [1.29, 1.82) is 0 Å². The Morgan fingerprint density at radius 1 is 1.29 bits per heavy atom. The minimum absolute atomic E-state index is 0.197. The van der Waals surface area contributed by atoms with Crippen molar-refractivity contribution < 1.29 is 13.7 Å². The summed E-state index contributed by atoms with van der Waals surface area (Å²) in [5.74, 6) is 1.40. The number of methoxy groups -OCH3 is 1. The molecule has 174 valence electrons. The quantitative estimate of drug-likeness (QED) is 0.485. The highest BCUT2D eigenvalue weighted by Gasteiger charge is 2.64. The van der Waals surface area contributed by atoms with Crippen molar-refractivity contribution in [1.82, 2.24) is 4.72 Å². The van der Waals surface area contributed by atoms with Crippen LogP contribution in [0.5, 0.6) is 0 Å². The summed E-state index contributed by atoms with van der Waals surface area (Å²) < 4.78 is 29.8. The van der Waals surface area contributed by atoms with Gasteiger partial charge in [0.25, 0.3) is 0 Å². The van der Waals surface area contributed by atoms with Gasteiger partial charge in [-0.25, -0.2) is 8.93 Å². The minimum atomic E-state index is -1.30. The normalized spacial score (nSPS) is 33.9. The Kier molecular flexibility index (Phi) is 7.18. The van der Waals surface area contributed by atoms with Crippen molar-refractivity contribution >= 4 is 26.9 Å². The zero-order valence-corrected chi connectivity index (χ0v) is 22.4. The molecule has 2 unspecified atom stereocenters. The van der Waals surface area contributed by atoms with E-state index in [-0.39, 0.29) is 11.5 Å². The maximum absolute atomic E-state index is 13.6. The second-order valence-electron chi connectivity index (χ2n) is 10.4. The number of hydrogen-bond donors (Lipinski definition) is 1. The molecule has 0 amide bonds. The van der Waals surface area contributed by atoms with Gasteiger partial charge in [-0.1, -0.05) is 42.4 Å². The average molecular weight is 513 g/mol. The van der Waals surface area contributed by atoms with E-state index in [4.69, 9.17) is 9.47 Å². The molecular weight excluding hydrogens is 474 g/mol. The van der Waals surface area contributed by atoms with E-state index in [9.17, 15) is 4.21 Å². The molecule has 2 aliphatic carbocycles. The van der Waals surface area contributed by atoms with Crippen LogP contribution in [0.2, 0.25) is 0 Å². The minimum Gasteiger partial charge on any atom is -0.496 e. The Bertz CT molecular complexity index is 853. The van der Waals surface area contributed by atoms with Gasteiger partial charge in [0.05, 0.1) is 28.4 Å². The fourth-order valence-electron chi connectivity index (χ4n) is 6.10. The highest BCUT2D eigenvalue weighted by Crippen LogP contribution is 2.63. The van der Waals surface area contributed by atoms with Gasteiger partial charge in [-0.2, -0.15) is 0 Å². The van der Waals surface area contributed by atoms with Crippen molar-refractivity contribution in [3.8, 4) is 0 Å². The average Bonchev–Trinajstić information content (AvgIpc) is 2.90. The molecule has 0 aliphatic heterocycles. The van der Waals surface area contributed by atoms with Crippen molar-refractivity contribution in [3.63, 3.8) is 0 Å². The summed E-state index contributed by atoms with van der Waals surface area (Å²) in [5, 5.41) is 0. The molecule has 1 aromatic carbocycles. The maximum atomic E-state index is 13.6. The third-order valence-corrected chi connectivity index (χ3v) is 9.26. The molecule has 0 heterocycles. The van der Waals surface area contributed by atoms with Crippen molar-refractivity contribution in [2.45, 2.75) is 77.2 Å². The molecule has 1 saturated carbocycles. The van der Waals surface area contributed by atoms with E-state index < -0.39 is 21.3 Å². The molecule has 1 fully saturated rings. The zero-order valence-electron chi connectivity index (χ0n) is 20.0. The molecule has 4 nitrogen and oxygen atoms in total. The first-order valence-electron chi connectivity index (χ1n) is 11.3. The molecule has 6 atom stereocenters. The largest absolute Gasteiger partial charge is 0.496 e. The molecule has 0 saturated heterocycles. The molecule has 0 aromatic heterocycles. The molecule has 31 heavy (non-hydrogen) atoms. The van der Waals surface area contributed by atoms with Crippen molar-refractivity contribution in [2.75, 3.05) is 13.7 Å². The second-order valence-corrected chi connectivity index (χ2v) is 13.3. The highest BCUT2D eigenvalue weighted by molar-refractivity contribution is 9.10. The van der Waals surface area contributed by atoms with Crippen LogP contribution in [0.3, 0.4) is 0 Å². The molecule has 2 aliphatic rings. The Morgan fingerprint density at radius 3 is 2.42 bits per heavy atom. The number of fused-ring (bicyclic) bond motifs is 1. The van der Waals surface area contributed by atoms with Gasteiger partial charge >= 0.3 is 0 Å². The topological polar surface area (TPSA) is 47.6 Å². The Hall–Kier alpha value is -0.690. The summed E-state index contributed by atoms with van der Waals surface area (Å²) in [4.78, 5) is 0. The lowest BCUT2D eigenvalue weighted by atomic mass is 9.56. The van der Waals surface area contributed by atoms with E-state index in [1.807, 2.05) is 34.8 Å². The number of hydrogen-bond acceptors (Lipinski definition) is 3. The Labute approximate surface area is 199 Å². The summed E-state index contributed by atoms with van der Waals surface area (Å²) >= 11 is 3.67. The van der Waals surface area contributed by atoms with Crippen LogP contribution < -0.4 is 4.72 Å². The number of benzene rings is 1. The van der Waals surface area contributed by atoms with Crippen molar-refractivity contribution in [3.05, 3.63) is 46.1 Å². The lowest BCUT2D eigenvalue weighted by Crippen LogP contribution is -2.61. The SMILES string of the molecule is C=C(OCC)[C@]1(N[S@](=O)C(C)(C)C)c2cc(Br)ccc2CC12C[C@@H](C)C(OC)[C@@H](C)C2.